The molecule has 0 unspecified atom stereocenters. The maximum atomic E-state index is 13.7. The Kier molecular flexibility index (Phi) is 4.58. The van der Waals surface area contributed by atoms with Crippen molar-refractivity contribution in [2.75, 3.05) is 6.26 Å². The van der Waals surface area contributed by atoms with Gasteiger partial charge in [0.1, 0.15) is 11.6 Å². The zero-order valence-corrected chi connectivity index (χ0v) is 11.7. The fourth-order valence-electron chi connectivity index (χ4n) is 1.71. The number of hydrogen-bond acceptors (Lipinski definition) is 3. The normalized spacial score (nSPS) is 10.9. The van der Waals surface area contributed by atoms with Crippen molar-refractivity contribution in [3.05, 3.63) is 65.5 Å². The number of rotatable bonds is 4. The summed E-state index contributed by atoms with van der Waals surface area (Å²) in [6.07, 6.45) is 4.53. The number of halogens is 1. The molecule has 2 aromatic rings. The summed E-state index contributed by atoms with van der Waals surface area (Å²) >= 11 is 1.45. The molecular formula is C16H13FO2S. The van der Waals surface area contributed by atoms with Crippen LogP contribution in [-0.4, -0.2) is 17.1 Å². The van der Waals surface area contributed by atoms with E-state index in [1.165, 1.54) is 42.1 Å². The summed E-state index contributed by atoms with van der Waals surface area (Å²) in [7, 11) is 0. The van der Waals surface area contributed by atoms with Gasteiger partial charge in [0.2, 0.25) is 0 Å². The molecule has 0 amide bonds. The topological polar surface area (TPSA) is 37.3 Å². The second kappa shape index (κ2) is 6.39. The lowest BCUT2D eigenvalue weighted by Gasteiger charge is -2.01. The van der Waals surface area contributed by atoms with Crippen molar-refractivity contribution in [2.24, 2.45) is 0 Å². The Morgan fingerprint density at radius 1 is 1.25 bits per heavy atom. The molecule has 2 aromatic carbocycles. The van der Waals surface area contributed by atoms with Gasteiger partial charge in [-0.05, 0) is 42.7 Å². The second-order valence-corrected chi connectivity index (χ2v) is 4.98. The standard InChI is InChI=1S/C16H13FO2S/c1-20-12-8-6-11(14(17)10-12)7-9-16(19)13-4-2-3-5-15(13)18/h2-10,18H,1H3. The lowest BCUT2D eigenvalue weighted by molar-refractivity contribution is 0.104. The first-order valence-corrected chi connectivity index (χ1v) is 7.18. The van der Waals surface area contributed by atoms with Crippen LogP contribution in [0.4, 0.5) is 4.39 Å². The monoisotopic (exact) mass is 288 g/mol. The van der Waals surface area contributed by atoms with E-state index in [0.717, 1.165) is 4.90 Å². The third-order valence-corrected chi connectivity index (χ3v) is 3.52. The summed E-state index contributed by atoms with van der Waals surface area (Å²) in [5.74, 6) is -0.824. The molecule has 0 spiro atoms. The molecule has 0 saturated carbocycles. The molecule has 0 bridgehead atoms. The highest BCUT2D eigenvalue weighted by Crippen LogP contribution is 2.20. The van der Waals surface area contributed by atoms with Gasteiger partial charge in [-0.3, -0.25) is 4.79 Å². The van der Waals surface area contributed by atoms with Crippen LogP contribution in [0.1, 0.15) is 15.9 Å². The molecule has 20 heavy (non-hydrogen) atoms. The molecule has 0 heterocycles. The van der Waals surface area contributed by atoms with E-state index < -0.39 is 0 Å². The summed E-state index contributed by atoms with van der Waals surface area (Å²) in [5, 5.41) is 9.57. The van der Waals surface area contributed by atoms with Crippen LogP contribution in [0.3, 0.4) is 0 Å². The van der Waals surface area contributed by atoms with Crippen molar-refractivity contribution in [3.8, 4) is 5.75 Å². The number of carbonyl (C=O) groups excluding carboxylic acids is 1. The minimum atomic E-state index is -0.377. The molecule has 0 aliphatic heterocycles. The maximum Gasteiger partial charge on any atom is 0.189 e. The van der Waals surface area contributed by atoms with Crippen molar-refractivity contribution in [2.45, 2.75) is 4.90 Å². The summed E-state index contributed by atoms with van der Waals surface area (Å²) < 4.78 is 13.7. The second-order valence-electron chi connectivity index (χ2n) is 4.10. The lowest BCUT2D eigenvalue weighted by atomic mass is 10.1. The number of phenols is 1. The molecule has 0 aliphatic carbocycles. The maximum absolute atomic E-state index is 13.7. The third-order valence-electron chi connectivity index (χ3n) is 2.79. The number of hydrogen-bond donors (Lipinski definition) is 1. The summed E-state index contributed by atoms with van der Waals surface area (Å²) in [6, 6.07) is 11.1. The van der Waals surface area contributed by atoms with Crippen molar-refractivity contribution in [3.63, 3.8) is 0 Å². The predicted molar refractivity (Wildman–Crippen MR) is 79.7 cm³/mol. The Labute approximate surface area is 121 Å². The van der Waals surface area contributed by atoms with E-state index in [-0.39, 0.29) is 22.9 Å². The number of allylic oxidation sites excluding steroid dienone is 1. The summed E-state index contributed by atoms with van der Waals surface area (Å²) in [4.78, 5) is 12.7. The highest BCUT2D eigenvalue weighted by Gasteiger charge is 2.07. The quantitative estimate of drug-likeness (QED) is 0.521. The van der Waals surface area contributed by atoms with E-state index >= 15 is 0 Å². The van der Waals surface area contributed by atoms with Gasteiger partial charge in [-0.1, -0.05) is 18.2 Å². The van der Waals surface area contributed by atoms with Crippen LogP contribution in [0.25, 0.3) is 6.08 Å². The zero-order valence-electron chi connectivity index (χ0n) is 10.8. The van der Waals surface area contributed by atoms with Crippen LogP contribution in [0.15, 0.2) is 53.4 Å². The first kappa shape index (κ1) is 14.3. The smallest absolute Gasteiger partial charge is 0.189 e. The number of carbonyl (C=O) groups is 1. The van der Waals surface area contributed by atoms with Crippen LogP contribution >= 0.6 is 11.8 Å². The zero-order chi connectivity index (χ0) is 14.5. The number of phenolic OH excluding ortho intramolecular Hbond substituents is 1. The van der Waals surface area contributed by atoms with Crippen LogP contribution in [0, 0.1) is 5.82 Å². The average molecular weight is 288 g/mol. The molecule has 0 radical (unpaired) electrons. The lowest BCUT2D eigenvalue weighted by Crippen LogP contribution is -1.94. The Morgan fingerprint density at radius 2 is 2.00 bits per heavy atom. The molecule has 0 aromatic heterocycles. The molecule has 1 N–H and O–H groups in total. The largest absolute Gasteiger partial charge is 0.507 e. The number of aromatic hydroxyl groups is 1. The van der Waals surface area contributed by atoms with Gasteiger partial charge in [0.25, 0.3) is 0 Å². The molecule has 4 heteroatoms. The first-order valence-electron chi connectivity index (χ1n) is 5.96. The van der Waals surface area contributed by atoms with E-state index in [1.807, 2.05) is 6.26 Å². The Morgan fingerprint density at radius 3 is 2.65 bits per heavy atom. The minimum Gasteiger partial charge on any atom is -0.507 e. The molecule has 2 nitrogen and oxygen atoms in total. The summed E-state index contributed by atoms with van der Waals surface area (Å²) in [6.45, 7) is 0. The van der Waals surface area contributed by atoms with Gasteiger partial charge < -0.3 is 5.11 Å². The minimum absolute atomic E-state index is 0.0830. The Hall–Kier alpha value is -2.07. The Bertz CT molecular complexity index is 665. The molecule has 0 fully saturated rings. The number of thioether (sulfide) groups is 1. The van der Waals surface area contributed by atoms with Crippen molar-refractivity contribution >= 4 is 23.6 Å². The van der Waals surface area contributed by atoms with Crippen LogP contribution in [0.5, 0.6) is 5.75 Å². The van der Waals surface area contributed by atoms with E-state index in [9.17, 15) is 14.3 Å². The highest BCUT2D eigenvalue weighted by molar-refractivity contribution is 7.98. The van der Waals surface area contributed by atoms with Gasteiger partial charge >= 0.3 is 0 Å². The van der Waals surface area contributed by atoms with Crippen molar-refractivity contribution < 1.29 is 14.3 Å². The SMILES string of the molecule is CSc1ccc(C=CC(=O)c2ccccc2O)c(F)c1. The average Bonchev–Trinajstić information content (AvgIpc) is 2.46. The first-order chi connectivity index (χ1) is 9.61. The van der Waals surface area contributed by atoms with E-state index in [2.05, 4.69) is 0 Å². The predicted octanol–water partition coefficient (Wildman–Crippen LogP) is 4.15. The van der Waals surface area contributed by atoms with Gasteiger partial charge in [0.15, 0.2) is 5.78 Å². The molecule has 0 aliphatic rings. The fourth-order valence-corrected chi connectivity index (χ4v) is 2.13. The third kappa shape index (κ3) is 3.27. The van der Waals surface area contributed by atoms with Crippen LogP contribution < -0.4 is 0 Å². The van der Waals surface area contributed by atoms with Crippen molar-refractivity contribution in [1.29, 1.82) is 0 Å². The van der Waals surface area contributed by atoms with E-state index in [1.54, 1.807) is 24.3 Å². The van der Waals surface area contributed by atoms with Gasteiger partial charge in [-0.25, -0.2) is 4.39 Å². The highest BCUT2D eigenvalue weighted by atomic mass is 32.2. The molecule has 102 valence electrons. The van der Waals surface area contributed by atoms with Gasteiger partial charge in [-0.15, -0.1) is 11.8 Å². The fraction of sp³-hybridized carbons (Fsp3) is 0.0625. The molecule has 0 atom stereocenters. The van der Waals surface area contributed by atoms with Gasteiger partial charge in [0, 0.05) is 10.5 Å². The van der Waals surface area contributed by atoms with Crippen molar-refractivity contribution in [1.82, 2.24) is 0 Å². The summed E-state index contributed by atoms with van der Waals surface area (Å²) in [5.41, 5.74) is 0.538. The number of para-hydroxylation sites is 1. The van der Waals surface area contributed by atoms with Gasteiger partial charge in [0.05, 0.1) is 5.56 Å². The van der Waals surface area contributed by atoms with Crippen LogP contribution in [0.2, 0.25) is 0 Å². The molecular weight excluding hydrogens is 275 g/mol. The number of benzene rings is 2. The molecule has 2 rings (SSSR count). The molecule has 0 saturated heterocycles. The van der Waals surface area contributed by atoms with E-state index in [4.69, 9.17) is 0 Å². The number of ketones is 1. The van der Waals surface area contributed by atoms with Crippen LogP contribution in [-0.2, 0) is 0 Å². The Balaban J connectivity index is 2.22. The van der Waals surface area contributed by atoms with Gasteiger partial charge in [-0.2, -0.15) is 0 Å². The van der Waals surface area contributed by atoms with E-state index in [0.29, 0.717) is 5.56 Å².